The number of morpholine rings is 1. The quantitative estimate of drug-likeness (QED) is 0.470. The molecule has 2 atom stereocenters. The summed E-state index contributed by atoms with van der Waals surface area (Å²) < 4.78 is 35.4. The molecule has 0 bridgehead atoms. The summed E-state index contributed by atoms with van der Waals surface area (Å²) in [5, 5.41) is 4.71. The minimum absolute atomic E-state index is 0. The highest BCUT2D eigenvalue weighted by Gasteiger charge is 2.23. The van der Waals surface area contributed by atoms with Gasteiger partial charge in [0.25, 0.3) is 0 Å². The summed E-state index contributed by atoms with van der Waals surface area (Å²) in [6, 6.07) is 5.52. The van der Waals surface area contributed by atoms with E-state index in [-0.39, 0.29) is 26.2 Å². The zero-order chi connectivity index (χ0) is 22.4. The fourth-order valence-corrected chi connectivity index (χ4v) is 4.37. The van der Waals surface area contributed by atoms with Crippen LogP contribution in [0.2, 0.25) is 0 Å². The Morgan fingerprint density at radius 1 is 1.00 bits per heavy atom. The standard InChI is InChI=1S/C22H22F2N6O2.CH4/c1-13-8-28(9-14(2)32-13)10-16-5-17-20(25-7-16)29(22(31)30-21(17)26-12-27-30)11-15-3-4-18(23)19(24)6-15;/h3-7,12-14H,8-11H2,1-2H3;1H4/t13-,14+;. The van der Waals surface area contributed by atoms with Crippen LogP contribution in [-0.2, 0) is 17.8 Å². The minimum atomic E-state index is -0.967. The first-order chi connectivity index (χ1) is 15.4. The van der Waals surface area contributed by atoms with Crippen LogP contribution in [-0.4, -0.2) is 54.3 Å². The molecule has 0 aliphatic carbocycles. The maximum absolute atomic E-state index is 13.7. The van der Waals surface area contributed by atoms with Gasteiger partial charge in [0.15, 0.2) is 17.3 Å². The number of benzene rings is 1. The number of hydrogen-bond acceptors (Lipinski definition) is 6. The molecule has 8 nitrogen and oxygen atoms in total. The molecule has 1 aromatic carbocycles. The molecule has 0 N–H and O–H groups in total. The molecule has 3 aromatic heterocycles. The molecule has 5 rings (SSSR count). The van der Waals surface area contributed by atoms with Gasteiger partial charge in [0.05, 0.1) is 24.1 Å². The van der Waals surface area contributed by atoms with Crippen LogP contribution < -0.4 is 5.69 Å². The SMILES string of the molecule is C.C[C@@H]1CN(Cc2cnc3c(c2)c2ncnn2c(=O)n3Cc2ccc(F)c(F)c2)C[C@H](C)O1. The molecule has 1 fully saturated rings. The summed E-state index contributed by atoms with van der Waals surface area (Å²) in [4.78, 5) is 24.1. The van der Waals surface area contributed by atoms with Crippen molar-refractivity contribution in [1.29, 1.82) is 0 Å². The molecule has 0 radical (unpaired) electrons. The van der Waals surface area contributed by atoms with Gasteiger partial charge in [0, 0.05) is 25.8 Å². The molecule has 0 amide bonds. The number of halogens is 2. The molecule has 1 saturated heterocycles. The van der Waals surface area contributed by atoms with E-state index >= 15 is 0 Å². The fourth-order valence-electron chi connectivity index (χ4n) is 4.37. The van der Waals surface area contributed by atoms with E-state index in [4.69, 9.17) is 4.74 Å². The number of rotatable bonds is 4. The molecule has 4 heterocycles. The molecule has 33 heavy (non-hydrogen) atoms. The first-order valence-corrected chi connectivity index (χ1v) is 10.4. The highest BCUT2D eigenvalue weighted by atomic mass is 19.2. The fraction of sp³-hybridized carbons (Fsp3) is 0.391. The predicted molar refractivity (Wildman–Crippen MR) is 120 cm³/mol. The lowest BCUT2D eigenvalue weighted by molar-refractivity contribution is -0.0705. The summed E-state index contributed by atoms with van der Waals surface area (Å²) in [6.07, 6.45) is 3.35. The molecular formula is C23H26F2N6O2. The van der Waals surface area contributed by atoms with E-state index < -0.39 is 17.3 Å². The number of hydrogen-bond donors (Lipinski definition) is 0. The van der Waals surface area contributed by atoms with Gasteiger partial charge in [-0.25, -0.2) is 23.5 Å². The van der Waals surface area contributed by atoms with E-state index in [0.29, 0.717) is 28.8 Å². The molecule has 0 spiro atoms. The summed E-state index contributed by atoms with van der Waals surface area (Å²) in [7, 11) is 0. The smallest absolute Gasteiger partial charge is 0.352 e. The van der Waals surface area contributed by atoms with Crippen molar-refractivity contribution >= 4 is 16.7 Å². The van der Waals surface area contributed by atoms with Crippen LogP contribution >= 0.6 is 0 Å². The van der Waals surface area contributed by atoms with Crippen molar-refractivity contribution < 1.29 is 13.5 Å². The topological polar surface area (TPSA) is 77.6 Å². The zero-order valence-corrected chi connectivity index (χ0v) is 17.7. The Balaban J connectivity index is 0.00000259. The number of ether oxygens (including phenoxy) is 1. The van der Waals surface area contributed by atoms with Crippen LogP contribution in [0.1, 0.15) is 32.4 Å². The Morgan fingerprint density at radius 2 is 1.76 bits per heavy atom. The molecule has 10 heteroatoms. The van der Waals surface area contributed by atoms with Crippen molar-refractivity contribution in [2.24, 2.45) is 0 Å². The number of aromatic nitrogens is 5. The minimum Gasteiger partial charge on any atom is -0.373 e. The van der Waals surface area contributed by atoms with E-state index in [1.54, 1.807) is 6.20 Å². The normalized spacial score (nSPS) is 19.2. The lowest BCUT2D eigenvalue weighted by Crippen LogP contribution is -2.44. The van der Waals surface area contributed by atoms with E-state index in [2.05, 4.69) is 33.8 Å². The maximum atomic E-state index is 13.7. The van der Waals surface area contributed by atoms with Gasteiger partial charge in [-0.3, -0.25) is 9.47 Å². The van der Waals surface area contributed by atoms with Gasteiger partial charge < -0.3 is 4.74 Å². The van der Waals surface area contributed by atoms with Crippen molar-refractivity contribution in [3.05, 3.63) is 70.0 Å². The van der Waals surface area contributed by atoms with Crippen LogP contribution in [0.5, 0.6) is 0 Å². The second-order valence-corrected chi connectivity index (χ2v) is 8.28. The Morgan fingerprint density at radius 3 is 2.48 bits per heavy atom. The maximum Gasteiger partial charge on any atom is 0.352 e. The second-order valence-electron chi connectivity index (χ2n) is 8.28. The van der Waals surface area contributed by atoms with Crippen molar-refractivity contribution in [2.45, 2.75) is 46.6 Å². The van der Waals surface area contributed by atoms with Crippen molar-refractivity contribution in [3.8, 4) is 0 Å². The Bertz CT molecular complexity index is 1360. The van der Waals surface area contributed by atoms with Gasteiger partial charge in [-0.05, 0) is 43.2 Å². The molecule has 174 valence electrons. The molecular weight excluding hydrogens is 430 g/mol. The van der Waals surface area contributed by atoms with Crippen LogP contribution in [0.4, 0.5) is 8.78 Å². The highest BCUT2D eigenvalue weighted by molar-refractivity contribution is 5.89. The third kappa shape index (κ3) is 4.36. The van der Waals surface area contributed by atoms with E-state index in [1.165, 1.54) is 21.5 Å². The van der Waals surface area contributed by atoms with Gasteiger partial charge in [-0.2, -0.15) is 9.61 Å². The summed E-state index contributed by atoms with van der Waals surface area (Å²) >= 11 is 0. The number of nitrogens with zero attached hydrogens (tertiary/aromatic N) is 6. The summed E-state index contributed by atoms with van der Waals surface area (Å²) in [5.74, 6) is -1.90. The van der Waals surface area contributed by atoms with Gasteiger partial charge in [0.2, 0.25) is 0 Å². The highest BCUT2D eigenvalue weighted by Crippen LogP contribution is 2.20. The van der Waals surface area contributed by atoms with E-state index in [1.807, 2.05) is 6.07 Å². The lowest BCUT2D eigenvalue weighted by atomic mass is 10.1. The van der Waals surface area contributed by atoms with Crippen LogP contribution in [0.3, 0.4) is 0 Å². The van der Waals surface area contributed by atoms with E-state index in [0.717, 1.165) is 30.8 Å². The van der Waals surface area contributed by atoms with Gasteiger partial charge in [0.1, 0.15) is 12.0 Å². The van der Waals surface area contributed by atoms with Crippen LogP contribution in [0.25, 0.3) is 16.7 Å². The monoisotopic (exact) mass is 456 g/mol. The average molecular weight is 456 g/mol. The Kier molecular flexibility index (Phi) is 6.22. The third-order valence-corrected chi connectivity index (χ3v) is 5.61. The largest absolute Gasteiger partial charge is 0.373 e. The Labute approximate surface area is 189 Å². The predicted octanol–water partition coefficient (Wildman–Crippen LogP) is 3.01. The molecule has 0 saturated carbocycles. The van der Waals surface area contributed by atoms with E-state index in [9.17, 15) is 13.6 Å². The van der Waals surface area contributed by atoms with Gasteiger partial charge in [-0.1, -0.05) is 13.5 Å². The number of fused-ring (bicyclic) bond motifs is 3. The summed E-state index contributed by atoms with van der Waals surface area (Å²) in [5.41, 5.74) is 1.78. The van der Waals surface area contributed by atoms with Gasteiger partial charge >= 0.3 is 5.69 Å². The van der Waals surface area contributed by atoms with Crippen LogP contribution in [0.15, 0.2) is 41.6 Å². The molecule has 4 aromatic rings. The van der Waals surface area contributed by atoms with Gasteiger partial charge in [-0.15, -0.1) is 0 Å². The number of pyridine rings is 1. The third-order valence-electron chi connectivity index (χ3n) is 5.61. The first-order valence-electron chi connectivity index (χ1n) is 10.4. The molecule has 0 unspecified atom stereocenters. The first kappa shape index (κ1) is 22.9. The van der Waals surface area contributed by atoms with Crippen molar-refractivity contribution in [3.63, 3.8) is 0 Å². The Hall–Kier alpha value is -3.24. The zero-order valence-electron chi connectivity index (χ0n) is 17.7. The average Bonchev–Trinajstić information content (AvgIpc) is 3.23. The van der Waals surface area contributed by atoms with Crippen molar-refractivity contribution in [1.82, 2.24) is 29.0 Å². The molecule has 1 aliphatic rings. The van der Waals surface area contributed by atoms with Crippen molar-refractivity contribution in [2.75, 3.05) is 13.1 Å². The van der Waals surface area contributed by atoms with Crippen LogP contribution in [0, 0.1) is 11.6 Å². The molecule has 1 aliphatic heterocycles. The lowest BCUT2D eigenvalue weighted by Gasteiger charge is -2.35. The second kappa shape index (κ2) is 8.95. The summed E-state index contributed by atoms with van der Waals surface area (Å²) in [6.45, 7) is 6.45.